The highest BCUT2D eigenvalue weighted by molar-refractivity contribution is 5.65. The molecule has 0 aliphatic heterocycles. The summed E-state index contributed by atoms with van der Waals surface area (Å²) in [6, 6.07) is 0. The van der Waals surface area contributed by atoms with Gasteiger partial charge >= 0.3 is 6.09 Å². The highest BCUT2D eigenvalue weighted by Gasteiger charge is 2.37. The van der Waals surface area contributed by atoms with Crippen LogP contribution in [0, 0.1) is 0 Å². The molecular weight excluding hydrogens is 174 g/mol. The molecule has 1 saturated carbocycles. The SMILES string of the molecule is NC(=O)OC1(OC=O)CCCCC1. The van der Waals surface area contributed by atoms with Gasteiger partial charge in [0.2, 0.25) is 0 Å². The summed E-state index contributed by atoms with van der Waals surface area (Å²) in [6.07, 6.45) is 2.99. The van der Waals surface area contributed by atoms with Crippen LogP contribution in [0.25, 0.3) is 0 Å². The normalized spacial score (nSPS) is 20.3. The lowest BCUT2D eigenvalue weighted by molar-refractivity contribution is -0.205. The van der Waals surface area contributed by atoms with Crippen molar-refractivity contribution in [1.82, 2.24) is 0 Å². The topological polar surface area (TPSA) is 78.6 Å². The quantitative estimate of drug-likeness (QED) is 0.526. The van der Waals surface area contributed by atoms with Crippen LogP contribution in [0.2, 0.25) is 0 Å². The highest BCUT2D eigenvalue weighted by Crippen LogP contribution is 2.32. The van der Waals surface area contributed by atoms with E-state index < -0.39 is 11.9 Å². The molecule has 1 aliphatic rings. The zero-order valence-electron chi connectivity index (χ0n) is 7.32. The summed E-state index contributed by atoms with van der Waals surface area (Å²) in [6.45, 7) is 0.300. The Morgan fingerprint density at radius 3 is 2.38 bits per heavy atom. The molecule has 0 heterocycles. The molecule has 5 nitrogen and oxygen atoms in total. The maximum absolute atomic E-state index is 10.6. The Hall–Kier alpha value is -1.26. The van der Waals surface area contributed by atoms with E-state index >= 15 is 0 Å². The maximum Gasteiger partial charge on any atom is 0.407 e. The van der Waals surface area contributed by atoms with Gasteiger partial charge in [0, 0.05) is 12.8 Å². The summed E-state index contributed by atoms with van der Waals surface area (Å²) in [5.74, 6) is -1.09. The van der Waals surface area contributed by atoms with Crippen LogP contribution in [0.1, 0.15) is 32.1 Å². The van der Waals surface area contributed by atoms with Gasteiger partial charge in [0.25, 0.3) is 12.3 Å². The van der Waals surface area contributed by atoms with Crippen molar-refractivity contribution in [1.29, 1.82) is 0 Å². The minimum absolute atomic E-state index is 0.300. The van der Waals surface area contributed by atoms with E-state index in [9.17, 15) is 9.59 Å². The van der Waals surface area contributed by atoms with Gasteiger partial charge in [-0.15, -0.1) is 0 Å². The lowest BCUT2D eigenvalue weighted by Gasteiger charge is -2.33. The van der Waals surface area contributed by atoms with E-state index in [-0.39, 0.29) is 0 Å². The molecule has 1 aliphatic carbocycles. The molecule has 0 saturated heterocycles. The number of amides is 1. The average Bonchev–Trinajstić information content (AvgIpc) is 2.04. The zero-order chi connectivity index (χ0) is 9.73. The van der Waals surface area contributed by atoms with Crippen LogP contribution in [0.4, 0.5) is 4.79 Å². The number of nitrogens with two attached hydrogens (primary N) is 1. The van der Waals surface area contributed by atoms with E-state index in [0.717, 1.165) is 19.3 Å². The molecule has 0 atom stereocenters. The largest absolute Gasteiger partial charge is 0.425 e. The van der Waals surface area contributed by atoms with Crippen LogP contribution in [-0.4, -0.2) is 18.4 Å². The second-order valence-electron chi connectivity index (χ2n) is 3.11. The summed E-state index contributed by atoms with van der Waals surface area (Å²) < 4.78 is 9.58. The summed E-state index contributed by atoms with van der Waals surface area (Å²) in [5.41, 5.74) is 4.88. The van der Waals surface area contributed by atoms with Crippen LogP contribution in [-0.2, 0) is 14.3 Å². The summed E-state index contributed by atoms with van der Waals surface area (Å²) in [4.78, 5) is 20.8. The monoisotopic (exact) mass is 187 g/mol. The third-order valence-corrected chi connectivity index (χ3v) is 2.16. The summed E-state index contributed by atoms with van der Waals surface area (Å²) >= 11 is 0. The number of hydrogen-bond acceptors (Lipinski definition) is 4. The lowest BCUT2D eigenvalue weighted by Crippen LogP contribution is -2.41. The van der Waals surface area contributed by atoms with E-state index in [4.69, 9.17) is 15.2 Å². The summed E-state index contributed by atoms with van der Waals surface area (Å²) in [7, 11) is 0. The van der Waals surface area contributed by atoms with Crippen molar-refractivity contribution in [2.24, 2.45) is 5.73 Å². The molecule has 13 heavy (non-hydrogen) atoms. The molecule has 2 N–H and O–H groups in total. The Morgan fingerprint density at radius 1 is 1.31 bits per heavy atom. The third kappa shape index (κ3) is 2.61. The number of carbonyl (C=O) groups excluding carboxylic acids is 2. The Labute approximate surface area is 76.2 Å². The van der Waals surface area contributed by atoms with Crippen molar-refractivity contribution < 1.29 is 19.1 Å². The number of primary amides is 1. The van der Waals surface area contributed by atoms with Gasteiger partial charge in [0.15, 0.2) is 0 Å². The van der Waals surface area contributed by atoms with E-state index in [1.165, 1.54) is 0 Å². The Balaban J connectivity index is 2.60. The van der Waals surface area contributed by atoms with E-state index in [1.807, 2.05) is 0 Å². The van der Waals surface area contributed by atoms with Crippen molar-refractivity contribution in [3.05, 3.63) is 0 Å². The number of ether oxygens (including phenoxy) is 2. The van der Waals surface area contributed by atoms with Crippen LogP contribution < -0.4 is 5.73 Å². The van der Waals surface area contributed by atoms with Crippen LogP contribution in [0.3, 0.4) is 0 Å². The Morgan fingerprint density at radius 2 is 1.92 bits per heavy atom. The molecule has 0 aromatic heterocycles. The van der Waals surface area contributed by atoms with Gasteiger partial charge in [-0.1, -0.05) is 6.42 Å². The maximum atomic E-state index is 10.6. The van der Waals surface area contributed by atoms with E-state index in [2.05, 4.69) is 0 Å². The first kappa shape index (κ1) is 9.83. The minimum atomic E-state index is -1.09. The lowest BCUT2D eigenvalue weighted by atomic mass is 9.94. The van der Waals surface area contributed by atoms with E-state index in [0.29, 0.717) is 19.3 Å². The summed E-state index contributed by atoms with van der Waals surface area (Å²) in [5, 5.41) is 0. The molecule has 1 rings (SSSR count). The van der Waals surface area contributed by atoms with Crippen LogP contribution in [0.15, 0.2) is 0 Å². The Bertz CT molecular complexity index is 198. The second kappa shape index (κ2) is 4.11. The van der Waals surface area contributed by atoms with Gasteiger partial charge in [0.1, 0.15) is 0 Å². The molecule has 0 aromatic rings. The van der Waals surface area contributed by atoms with Gasteiger partial charge in [-0.3, -0.25) is 4.79 Å². The zero-order valence-corrected chi connectivity index (χ0v) is 7.32. The molecule has 0 unspecified atom stereocenters. The van der Waals surface area contributed by atoms with E-state index in [1.54, 1.807) is 0 Å². The predicted molar refractivity (Wildman–Crippen MR) is 43.6 cm³/mol. The smallest absolute Gasteiger partial charge is 0.407 e. The first-order valence-electron chi connectivity index (χ1n) is 4.28. The van der Waals surface area contributed by atoms with Crippen molar-refractivity contribution in [3.8, 4) is 0 Å². The van der Waals surface area contributed by atoms with Crippen molar-refractivity contribution in [2.45, 2.75) is 37.9 Å². The second-order valence-corrected chi connectivity index (χ2v) is 3.11. The van der Waals surface area contributed by atoms with Gasteiger partial charge in [-0.25, -0.2) is 4.79 Å². The molecule has 1 amide bonds. The van der Waals surface area contributed by atoms with Gasteiger partial charge in [0.05, 0.1) is 0 Å². The first-order chi connectivity index (χ1) is 6.18. The number of hydrogen-bond donors (Lipinski definition) is 1. The van der Waals surface area contributed by atoms with Crippen LogP contribution in [0.5, 0.6) is 0 Å². The molecule has 1 fully saturated rings. The van der Waals surface area contributed by atoms with Gasteiger partial charge in [-0.05, 0) is 12.8 Å². The molecule has 74 valence electrons. The molecule has 0 bridgehead atoms. The molecular formula is C8H13NO4. The van der Waals surface area contributed by atoms with Crippen LogP contribution >= 0.6 is 0 Å². The molecule has 0 aromatic carbocycles. The minimum Gasteiger partial charge on any atom is -0.425 e. The average molecular weight is 187 g/mol. The fraction of sp³-hybridized carbons (Fsp3) is 0.750. The number of rotatable bonds is 3. The van der Waals surface area contributed by atoms with Crippen molar-refractivity contribution in [3.63, 3.8) is 0 Å². The first-order valence-corrected chi connectivity index (χ1v) is 4.28. The molecule has 0 spiro atoms. The third-order valence-electron chi connectivity index (χ3n) is 2.16. The Kier molecular flexibility index (Phi) is 3.11. The molecule has 0 radical (unpaired) electrons. The fourth-order valence-electron chi connectivity index (χ4n) is 1.61. The standard InChI is InChI=1S/C8H13NO4/c9-7(11)13-8(12-6-10)4-2-1-3-5-8/h6H,1-5H2,(H2,9,11). The van der Waals surface area contributed by atoms with Gasteiger partial charge in [-0.2, -0.15) is 0 Å². The predicted octanol–water partition coefficient (Wildman–Crippen LogP) is 0.915. The fourth-order valence-corrected chi connectivity index (χ4v) is 1.61. The molecule has 5 heteroatoms. The van der Waals surface area contributed by atoms with Gasteiger partial charge < -0.3 is 15.2 Å². The van der Waals surface area contributed by atoms with Crippen molar-refractivity contribution >= 4 is 12.6 Å². The number of carbonyl (C=O) groups is 2. The van der Waals surface area contributed by atoms with Crippen molar-refractivity contribution in [2.75, 3.05) is 0 Å². The highest BCUT2D eigenvalue weighted by atomic mass is 16.7.